The second-order valence-corrected chi connectivity index (χ2v) is 4.38. The zero-order valence-corrected chi connectivity index (χ0v) is 10.1. The van der Waals surface area contributed by atoms with E-state index in [4.69, 9.17) is 18.0 Å². The first-order chi connectivity index (χ1) is 6.52. The van der Waals surface area contributed by atoms with Gasteiger partial charge in [0.15, 0.2) is 0 Å². The topological polar surface area (TPSA) is 48.0 Å². The van der Waals surface area contributed by atoms with Gasteiger partial charge >= 0.3 is 0 Å². The Morgan fingerprint density at radius 2 is 2.36 bits per heavy atom. The highest BCUT2D eigenvalue weighted by molar-refractivity contribution is 9.10. The number of nitrogens with zero attached hydrogens (tertiary/aromatic N) is 1. The molecule has 1 aromatic rings. The number of rotatable bonds is 3. The van der Waals surface area contributed by atoms with E-state index < -0.39 is 0 Å². The van der Waals surface area contributed by atoms with Crippen molar-refractivity contribution in [1.29, 1.82) is 0 Å². The number of pyridine rings is 1. The molecule has 1 aromatic heterocycles. The summed E-state index contributed by atoms with van der Waals surface area (Å²) in [6.07, 6.45) is 0. The van der Waals surface area contributed by atoms with Crippen LogP contribution in [-0.4, -0.2) is 9.56 Å². The molecule has 0 radical (unpaired) electrons. The van der Waals surface area contributed by atoms with Crippen molar-refractivity contribution in [2.24, 2.45) is 11.7 Å². The van der Waals surface area contributed by atoms with E-state index in [-0.39, 0.29) is 11.5 Å². The van der Waals surface area contributed by atoms with E-state index in [2.05, 4.69) is 15.9 Å². The van der Waals surface area contributed by atoms with Crippen LogP contribution in [0.2, 0.25) is 0 Å². The van der Waals surface area contributed by atoms with Crippen LogP contribution < -0.4 is 11.3 Å². The van der Waals surface area contributed by atoms with Crippen molar-refractivity contribution in [2.45, 2.75) is 13.5 Å². The third-order valence-corrected chi connectivity index (χ3v) is 3.03. The predicted octanol–water partition coefficient (Wildman–Crippen LogP) is 1.53. The molecule has 0 fully saturated rings. The molecule has 5 heteroatoms. The molecule has 0 saturated carbocycles. The molecule has 1 unspecified atom stereocenters. The molecule has 0 aromatic carbocycles. The van der Waals surface area contributed by atoms with Gasteiger partial charge in [-0.2, -0.15) is 0 Å². The van der Waals surface area contributed by atoms with Crippen LogP contribution in [0.1, 0.15) is 6.92 Å². The van der Waals surface area contributed by atoms with Crippen molar-refractivity contribution in [3.05, 3.63) is 33.2 Å². The van der Waals surface area contributed by atoms with Gasteiger partial charge < -0.3 is 10.3 Å². The standard InChI is InChI=1S/C9H11BrN2OS/c1-6(9(11)14)5-12-7(10)3-2-4-8(12)13/h2-4,6H,5H2,1H3,(H2,11,14). The first-order valence-corrected chi connectivity index (χ1v) is 5.37. The lowest BCUT2D eigenvalue weighted by molar-refractivity contribution is 0.571. The predicted molar refractivity (Wildman–Crippen MR) is 64.4 cm³/mol. The summed E-state index contributed by atoms with van der Waals surface area (Å²) >= 11 is 8.15. The van der Waals surface area contributed by atoms with E-state index in [1.54, 1.807) is 10.6 Å². The number of hydrogen-bond donors (Lipinski definition) is 1. The Labute approximate surface area is 96.0 Å². The monoisotopic (exact) mass is 274 g/mol. The van der Waals surface area contributed by atoms with Gasteiger partial charge in [-0.3, -0.25) is 4.79 Å². The maximum absolute atomic E-state index is 11.4. The van der Waals surface area contributed by atoms with Crippen LogP contribution in [-0.2, 0) is 6.54 Å². The first-order valence-electron chi connectivity index (χ1n) is 4.17. The van der Waals surface area contributed by atoms with Crippen molar-refractivity contribution >= 4 is 33.1 Å². The molecule has 1 heterocycles. The zero-order valence-electron chi connectivity index (χ0n) is 7.74. The zero-order chi connectivity index (χ0) is 10.7. The maximum Gasteiger partial charge on any atom is 0.251 e. The van der Waals surface area contributed by atoms with Crippen molar-refractivity contribution in [3.8, 4) is 0 Å². The van der Waals surface area contributed by atoms with Gasteiger partial charge in [0.2, 0.25) is 0 Å². The molecule has 0 saturated heterocycles. The SMILES string of the molecule is CC(Cn1c(Br)cccc1=O)C(N)=S. The van der Waals surface area contributed by atoms with Crippen LogP contribution >= 0.6 is 28.1 Å². The maximum atomic E-state index is 11.4. The summed E-state index contributed by atoms with van der Waals surface area (Å²) < 4.78 is 2.34. The summed E-state index contributed by atoms with van der Waals surface area (Å²) in [6, 6.07) is 5.03. The highest BCUT2D eigenvalue weighted by Gasteiger charge is 2.08. The molecule has 0 aliphatic heterocycles. The Morgan fingerprint density at radius 3 is 2.86 bits per heavy atom. The Balaban J connectivity index is 2.97. The molecule has 1 atom stereocenters. The van der Waals surface area contributed by atoms with Crippen LogP contribution in [0.5, 0.6) is 0 Å². The molecule has 1 rings (SSSR count). The van der Waals surface area contributed by atoms with Gasteiger partial charge in [0.25, 0.3) is 5.56 Å². The molecule has 2 N–H and O–H groups in total. The summed E-state index contributed by atoms with van der Waals surface area (Å²) in [7, 11) is 0. The van der Waals surface area contributed by atoms with Gasteiger partial charge in [-0.05, 0) is 22.0 Å². The molecule has 0 amide bonds. The second kappa shape index (κ2) is 4.70. The van der Waals surface area contributed by atoms with Crippen LogP contribution in [0, 0.1) is 5.92 Å². The summed E-state index contributed by atoms with van der Waals surface area (Å²) in [5.41, 5.74) is 5.43. The average molecular weight is 275 g/mol. The summed E-state index contributed by atoms with van der Waals surface area (Å²) in [6.45, 7) is 2.41. The van der Waals surface area contributed by atoms with E-state index >= 15 is 0 Å². The number of nitrogens with two attached hydrogens (primary N) is 1. The fourth-order valence-electron chi connectivity index (χ4n) is 1.04. The van der Waals surface area contributed by atoms with Crippen molar-refractivity contribution in [2.75, 3.05) is 0 Å². The summed E-state index contributed by atoms with van der Waals surface area (Å²) in [4.78, 5) is 11.9. The van der Waals surface area contributed by atoms with E-state index in [0.717, 1.165) is 4.60 Å². The molecule has 0 aliphatic carbocycles. The van der Waals surface area contributed by atoms with Crippen molar-refractivity contribution < 1.29 is 0 Å². The fraction of sp³-hybridized carbons (Fsp3) is 0.333. The van der Waals surface area contributed by atoms with E-state index in [1.165, 1.54) is 6.07 Å². The van der Waals surface area contributed by atoms with Crippen LogP contribution in [0.25, 0.3) is 0 Å². The minimum atomic E-state index is -0.0533. The van der Waals surface area contributed by atoms with Gasteiger partial charge in [-0.15, -0.1) is 0 Å². The van der Waals surface area contributed by atoms with Gasteiger partial charge in [-0.1, -0.05) is 25.2 Å². The minimum Gasteiger partial charge on any atom is -0.393 e. The first kappa shape index (κ1) is 11.4. The lowest BCUT2D eigenvalue weighted by atomic mass is 10.2. The lowest BCUT2D eigenvalue weighted by Gasteiger charge is -2.13. The molecule has 14 heavy (non-hydrogen) atoms. The molecule has 0 spiro atoms. The molecule has 0 bridgehead atoms. The normalized spacial score (nSPS) is 12.4. The van der Waals surface area contributed by atoms with Crippen LogP contribution in [0.3, 0.4) is 0 Å². The molecular weight excluding hydrogens is 264 g/mol. The Bertz CT molecular complexity index is 402. The summed E-state index contributed by atoms with van der Waals surface area (Å²) in [5, 5.41) is 0. The van der Waals surface area contributed by atoms with E-state index in [0.29, 0.717) is 11.5 Å². The van der Waals surface area contributed by atoms with Gasteiger partial charge in [0.05, 0.1) is 9.59 Å². The average Bonchev–Trinajstić information content (AvgIpc) is 2.11. The van der Waals surface area contributed by atoms with E-state index in [1.807, 2.05) is 13.0 Å². The molecule has 0 aliphatic rings. The number of hydrogen-bond acceptors (Lipinski definition) is 2. The Kier molecular flexibility index (Phi) is 3.83. The minimum absolute atomic E-state index is 0.0152. The fourth-order valence-corrected chi connectivity index (χ4v) is 1.58. The number of halogens is 1. The highest BCUT2D eigenvalue weighted by Crippen LogP contribution is 2.08. The third-order valence-electron chi connectivity index (χ3n) is 1.94. The third kappa shape index (κ3) is 2.65. The van der Waals surface area contributed by atoms with Crippen LogP contribution in [0.4, 0.5) is 0 Å². The lowest BCUT2D eigenvalue weighted by Crippen LogP contribution is -2.28. The highest BCUT2D eigenvalue weighted by atomic mass is 79.9. The number of thiocarbonyl (C=S) groups is 1. The molecule has 3 nitrogen and oxygen atoms in total. The number of aromatic nitrogens is 1. The summed E-state index contributed by atoms with van der Waals surface area (Å²) in [5.74, 6) is 0.0152. The van der Waals surface area contributed by atoms with Gasteiger partial charge in [0, 0.05) is 18.5 Å². The molecule has 76 valence electrons. The van der Waals surface area contributed by atoms with Gasteiger partial charge in [-0.25, -0.2) is 0 Å². The van der Waals surface area contributed by atoms with Crippen LogP contribution in [0.15, 0.2) is 27.6 Å². The Morgan fingerprint density at radius 1 is 1.71 bits per heavy atom. The quantitative estimate of drug-likeness (QED) is 0.672. The second-order valence-electron chi connectivity index (χ2n) is 3.10. The van der Waals surface area contributed by atoms with E-state index in [9.17, 15) is 4.79 Å². The Hall–Kier alpha value is -0.680. The van der Waals surface area contributed by atoms with Gasteiger partial charge in [0.1, 0.15) is 0 Å². The smallest absolute Gasteiger partial charge is 0.251 e. The van der Waals surface area contributed by atoms with Crippen molar-refractivity contribution in [3.63, 3.8) is 0 Å². The van der Waals surface area contributed by atoms with Crippen molar-refractivity contribution in [1.82, 2.24) is 4.57 Å². The largest absolute Gasteiger partial charge is 0.393 e. The molecular formula is C9H11BrN2OS.